The SMILES string of the molecule is CCOC(=O)C(CC1CC1)c1cc2n(c(=O)c1C#N)CCC21OCCO1. The minimum atomic E-state index is -0.930. The molecule has 1 atom stereocenters. The lowest BCUT2D eigenvalue weighted by Gasteiger charge is -2.24. The number of fused-ring (bicyclic) bond motifs is 2. The van der Waals surface area contributed by atoms with Crippen LogP contribution in [0.3, 0.4) is 0 Å². The van der Waals surface area contributed by atoms with Crippen molar-refractivity contribution in [2.75, 3.05) is 19.8 Å². The van der Waals surface area contributed by atoms with Gasteiger partial charge in [0.25, 0.3) is 5.56 Å². The van der Waals surface area contributed by atoms with E-state index in [-0.39, 0.29) is 23.7 Å². The van der Waals surface area contributed by atoms with Crippen LogP contribution in [-0.4, -0.2) is 30.4 Å². The lowest BCUT2D eigenvalue weighted by molar-refractivity contribution is -0.163. The number of carbonyl (C=O) groups excluding carboxylic acids is 1. The van der Waals surface area contributed by atoms with Gasteiger partial charge in [-0.3, -0.25) is 9.59 Å². The first-order valence-electron chi connectivity index (χ1n) is 9.22. The number of pyridine rings is 1. The van der Waals surface area contributed by atoms with Gasteiger partial charge in [0.1, 0.15) is 11.6 Å². The molecule has 0 N–H and O–H groups in total. The van der Waals surface area contributed by atoms with Gasteiger partial charge in [-0.15, -0.1) is 0 Å². The van der Waals surface area contributed by atoms with E-state index in [4.69, 9.17) is 14.2 Å². The van der Waals surface area contributed by atoms with E-state index in [1.54, 1.807) is 17.6 Å². The highest BCUT2D eigenvalue weighted by atomic mass is 16.7. The maximum absolute atomic E-state index is 12.9. The molecule has 0 bridgehead atoms. The molecule has 2 fully saturated rings. The van der Waals surface area contributed by atoms with Gasteiger partial charge >= 0.3 is 5.97 Å². The highest BCUT2D eigenvalue weighted by molar-refractivity contribution is 5.79. The topological polar surface area (TPSA) is 90.6 Å². The summed E-state index contributed by atoms with van der Waals surface area (Å²) >= 11 is 0. The third-order valence-electron chi connectivity index (χ3n) is 5.46. The first-order chi connectivity index (χ1) is 12.6. The Labute approximate surface area is 151 Å². The summed E-state index contributed by atoms with van der Waals surface area (Å²) in [7, 11) is 0. The molecular formula is C19H22N2O5. The Morgan fingerprint density at radius 3 is 2.81 bits per heavy atom. The first-order valence-corrected chi connectivity index (χ1v) is 9.22. The molecule has 0 amide bonds. The maximum Gasteiger partial charge on any atom is 0.313 e. The molecule has 1 spiro atoms. The third-order valence-corrected chi connectivity index (χ3v) is 5.46. The first kappa shape index (κ1) is 17.3. The van der Waals surface area contributed by atoms with Crippen molar-refractivity contribution in [2.45, 2.75) is 50.9 Å². The zero-order valence-electron chi connectivity index (χ0n) is 14.8. The fourth-order valence-corrected chi connectivity index (χ4v) is 4.00. The Kier molecular flexibility index (Phi) is 4.33. The van der Waals surface area contributed by atoms with Crippen LogP contribution in [0, 0.1) is 17.2 Å². The predicted molar refractivity (Wildman–Crippen MR) is 90.3 cm³/mol. The average molecular weight is 358 g/mol. The lowest BCUT2D eigenvalue weighted by Crippen LogP contribution is -2.31. The van der Waals surface area contributed by atoms with Gasteiger partial charge in [0.15, 0.2) is 0 Å². The van der Waals surface area contributed by atoms with Crippen molar-refractivity contribution in [1.82, 2.24) is 4.57 Å². The number of hydrogen-bond acceptors (Lipinski definition) is 6. The van der Waals surface area contributed by atoms with Crippen LogP contribution in [0.4, 0.5) is 0 Å². The number of ether oxygens (including phenoxy) is 3. The largest absolute Gasteiger partial charge is 0.466 e. The van der Waals surface area contributed by atoms with Gasteiger partial charge in [-0.1, -0.05) is 12.8 Å². The number of nitriles is 1. The number of hydrogen-bond donors (Lipinski definition) is 0. The van der Waals surface area contributed by atoms with Gasteiger partial charge in [-0.25, -0.2) is 0 Å². The highest BCUT2D eigenvalue weighted by Gasteiger charge is 2.46. The van der Waals surface area contributed by atoms with Crippen LogP contribution in [0.1, 0.15) is 55.3 Å². The Morgan fingerprint density at radius 2 is 2.19 bits per heavy atom. The van der Waals surface area contributed by atoms with Crippen LogP contribution in [0.5, 0.6) is 0 Å². The van der Waals surface area contributed by atoms with Crippen molar-refractivity contribution in [3.8, 4) is 6.07 Å². The molecule has 1 aliphatic carbocycles. The molecule has 4 rings (SSSR count). The van der Waals surface area contributed by atoms with Crippen LogP contribution in [-0.2, 0) is 31.3 Å². The molecule has 2 aliphatic heterocycles. The zero-order valence-corrected chi connectivity index (χ0v) is 14.8. The van der Waals surface area contributed by atoms with E-state index in [2.05, 4.69) is 0 Å². The molecule has 3 heterocycles. The van der Waals surface area contributed by atoms with E-state index in [1.165, 1.54) is 0 Å². The van der Waals surface area contributed by atoms with E-state index < -0.39 is 11.7 Å². The molecule has 1 aromatic heterocycles. The van der Waals surface area contributed by atoms with Crippen molar-refractivity contribution < 1.29 is 19.0 Å². The fraction of sp³-hybridized carbons (Fsp3) is 0.632. The number of carbonyl (C=O) groups is 1. The standard InChI is InChI=1S/C19H22N2O5/c1-2-24-18(23)14(9-12-3-4-12)13-10-16-19(25-7-8-26-19)5-6-21(16)17(22)15(13)11-20/h10,12,14H,2-9H2,1H3. The van der Waals surface area contributed by atoms with Crippen molar-refractivity contribution in [3.05, 3.63) is 33.2 Å². The monoisotopic (exact) mass is 358 g/mol. The molecule has 1 unspecified atom stereocenters. The van der Waals surface area contributed by atoms with Crippen molar-refractivity contribution >= 4 is 5.97 Å². The van der Waals surface area contributed by atoms with Crippen molar-refractivity contribution in [1.29, 1.82) is 5.26 Å². The second kappa shape index (κ2) is 6.53. The maximum atomic E-state index is 12.9. The number of rotatable bonds is 5. The van der Waals surface area contributed by atoms with Crippen molar-refractivity contribution in [2.24, 2.45) is 5.92 Å². The average Bonchev–Trinajstić information content (AvgIpc) is 3.21. The minimum absolute atomic E-state index is 0.0301. The third kappa shape index (κ3) is 2.74. The zero-order chi connectivity index (χ0) is 18.3. The van der Waals surface area contributed by atoms with Crippen LogP contribution < -0.4 is 5.56 Å². The number of nitrogens with zero attached hydrogens (tertiary/aromatic N) is 2. The molecule has 138 valence electrons. The molecule has 1 saturated carbocycles. The van der Waals surface area contributed by atoms with E-state index in [1.807, 2.05) is 6.07 Å². The predicted octanol–water partition coefficient (Wildman–Crippen LogP) is 1.77. The second-order valence-electron chi connectivity index (χ2n) is 7.11. The van der Waals surface area contributed by atoms with E-state index in [9.17, 15) is 14.9 Å². The summed E-state index contributed by atoms with van der Waals surface area (Å²) in [5.74, 6) is -1.46. The van der Waals surface area contributed by atoms with Crippen molar-refractivity contribution in [3.63, 3.8) is 0 Å². The molecule has 0 aromatic carbocycles. The Balaban J connectivity index is 1.84. The van der Waals surface area contributed by atoms with Crippen LogP contribution in [0.25, 0.3) is 0 Å². The van der Waals surface area contributed by atoms with E-state index >= 15 is 0 Å². The van der Waals surface area contributed by atoms with Gasteiger partial charge in [-0.2, -0.15) is 5.26 Å². The summed E-state index contributed by atoms with van der Waals surface area (Å²) in [6.07, 6.45) is 3.27. The van der Waals surface area contributed by atoms with Gasteiger partial charge in [0.05, 0.1) is 31.4 Å². The summed E-state index contributed by atoms with van der Waals surface area (Å²) in [6.45, 7) is 3.39. The van der Waals surface area contributed by atoms with E-state index in [0.29, 0.717) is 49.8 Å². The smallest absolute Gasteiger partial charge is 0.313 e. The quantitative estimate of drug-likeness (QED) is 0.745. The summed E-state index contributed by atoms with van der Waals surface area (Å²) < 4.78 is 18.4. The molecule has 26 heavy (non-hydrogen) atoms. The molecular weight excluding hydrogens is 336 g/mol. The van der Waals surface area contributed by atoms with Crippen LogP contribution >= 0.6 is 0 Å². The summed E-state index contributed by atoms with van der Waals surface area (Å²) in [6, 6.07) is 3.79. The number of aromatic nitrogens is 1. The summed E-state index contributed by atoms with van der Waals surface area (Å²) in [5, 5.41) is 9.62. The van der Waals surface area contributed by atoms with Gasteiger partial charge in [0, 0.05) is 13.0 Å². The molecule has 1 saturated heterocycles. The highest BCUT2D eigenvalue weighted by Crippen LogP contribution is 2.43. The van der Waals surface area contributed by atoms with Gasteiger partial charge in [-0.05, 0) is 30.9 Å². The van der Waals surface area contributed by atoms with E-state index in [0.717, 1.165) is 12.8 Å². The Bertz CT molecular complexity index is 828. The second-order valence-corrected chi connectivity index (χ2v) is 7.11. The summed E-state index contributed by atoms with van der Waals surface area (Å²) in [5.41, 5.74) is 0.720. The normalized spacial score (nSPS) is 21.4. The lowest BCUT2D eigenvalue weighted by atomic mass is 9.89. The Morgan fingerprint density at radius 1 is 1.46 bits per heavy atom. The van der Waals surface area contributed by atoms with Crippen LogP contribution in [0.15, 0.2) is 10.9 Å². The minimum Gasteiger partial charge on any atom is -0.466 e. The number of esters is 1. The van der Waals surface area contributed by atoms with Crippen LogP contribution in [0.2, 0.25) is 0 Å². The van der Waals surface area contributed by atoms with Gasteiger partial charge in [0.2, 0.25) is 5.79 Å². The molecule has 7 heteroatoms. The molecule has 1 aromatic rings. The molecule has 0 radical (unpaired) electrons. The molecule has 3 aliphatic rings. The summed E-state index contributed by atoms with van der Waals surface area (Å²) in [4.78, 5) is 25.5. The fourth-order valence-electron chi connectivity index (χ4n) is 4.00. The Hall–Kier alpha value is -2.17. The van der Waals surface area contributed by atoms with Gasteiger partial charge < -0.3 is 18.8 Å². The molecule has 7 nitrogen and oxygen atoms in total.